The SMILES string of the molecule is O=C1CC(S(=O)(=O)Cl)CN1c1ccc(-n2cncn2)cc1. The van der Waals surface area contributed by atoms with Crippen molar-refractivity contribution in [3.05, 3.63) is 36.9 Å². The summed E-state index contributed by atoms with van der Waals surface area (Å²) in [7, 11) is 1.59. The zero-order valence-electron chi connectivity index (χ0n) is 10.8. The molecule has 110 valence electrons. The Labute approximate surface area is 125 Å². The Morgan fingerprint density at radius 1 is 1.19 bits per heavy atom. The fourth-order valence-corrected chi connectivity index (χ4v) is 3.27. The van der Waals surface area contributed by atoms with Crippen molar-refractivity contribution in [1.29, 1.82) is 0 Å². The van der Waals surface area contributed by atoms with E-state index < -0.39 is 14.3 Å². The normalized spacial score (nSPS) is 19.2. The Bertz CT molecular complexity index is 758. The fourth-order valence-electron chi connectivity index (χ4n) is 2.24. The van der Waals surface area contributed by atoms with E-state index in [1.165, 1.54) is 11.2 Å². The van der Waals surface area contributed by atoms with Crippen molar-refractivity contribution < 1.29 is 13.2 Å². The van der Waals surface area contributed by atoms with E-state index in [0.29, 0.717) is 5.69 Å². The maximum absolute atomic E-state index is 11.9. The van der Waals surface area contributed by atoms with Crippen molar-refractivity contribution in [2.24, 2.45) is 0 Å². The molecule has 1 aromatic carbocycles. The first-order valence-electron chi connectivity index (χ1n) is 6.14. The monoisotopic (exact) mass is 326 g/mol. The number of benzene rings is 1. The van der Waals surface area contributed by atoms with Crippen LogP contribution in [0.5, 0.6) is 0 Å². The highest BCUT2D eigenvalue weighted by atomic mass is 35.7. The Hall–Kier alpha value is -1.93. The molecule has 1 aliphatic heterocycles. The van der Waals surface area contributed by atoms with Gasteiger partial charge >= 0.3 is 0 Å². The standard InChI is InChI=1S/C12H11ClN4O3S/c13-21(19,20)11-5-12(18)16(6-11)9-1-3-10(4-2-9)17-8-14-7-15-17/h1-4,7-8,11H,5-6H2. The molecule has 9 heteroatoms. The van der Waals surface area contributed by atoms with Crippen molar-refractivity contribution >= 4 is 31.3 Å². The first kappa shape index (κ1) is 14.0. The largest absolute Gasteiger partial charge is 0.311 e. The third-order valence-corrected chi connectivity index (χ3v) is 5.20. The van der Waals surface area contributed by atoms with Crippen LogP contribution in [0.1, 0.15) is 6.42 Å². The first-order valence-corrected chi connectivity index (χ1v) is 8.51. The van der Waals surface area contributed by atoms with Crippen LogP contribution in [0.25, 0.3) is 5.69 Å². The van der Waals surface area contributed by atoms with Crippen molar-refractivity contribution in [2.75, 3.05) is 11.4 Å². The molecule has 0 bridgehead atoms. The summed E-state index contributed by atoms with van der Waals surface area (Å²) >= 11 is 0. The van der Waals surface area contributed by atoms with Gasteiger partial charge in [0.1, 0.15) is 17.9 Å². The number of carbonyl (C=O) groups is 1. The molecule has 1 atom stereocenters. The van der Waals surface area contributed by atoms with Crippen LogP contribution in [-0.4, -0.2) is 40.9 Å². The zero-order valence-corrected chi connectivity index (χ0v) is 12.3. The summed E-state index contributed by atoms with van der Waals surface area (Å²) in [6.45, 7) is 0.0767. The van der Waals surface area contributed by atoms with Crippen molar-refractivity contribution in [3.8, 4) is 5.69 Å². The predicted molar refractivity (Wildman–Crippen MR) is 76.9 cm³/mol. The molecule has 21 heavy (non-hydrogen) atoms. The van der Waals surface area contributed by atoms with Crippen LogP contribution in [-0.2, 0) is 13.8 Å². The molecule has 1 aromatic heterocycles. The average molecular weight is 327 g/mol. The molecule has 0 saturated carbocycles. The van der Waals surface area contributed by atoms with Crippen molar-refractivity contribution in [1.82, 2.24) is 14.8 Å². The van der Waals surface area contributed by atoms with E-state index in [9.17, 15) is 13.2 Å². The van der Waals surface area contributed by atoms with Crippen LogP contribution >= 0.6 is 10.7 Å². The summed E-state index contributed by atoms with van der Waals surface area (Å²) in [5.74, 6) is -0.252. The maximum Gasteiger partial charge on any atom is 0.237 e. The molecule has 2 heterocycles. The fraction of sp³-hybridized carbons (Fsp3) is 0.250. The molecule has 0 spiro atoms. The van der Waals surface area contributed by atoms with Gasteiger partial charge in [-0.2, -0.15) is 5.10 Å². The van der Waals surface area contributed by atoms with Crippen LogP contribution < -0.4 is 4.90 Å². The first-order chi connectivity index (χ1) is 9.95. The van der Waals surface area contributed by atoms with Crippen LogP contribution in [0.4, 0.5) is 5.69 Å². The van der Waals surface area contributed by atoms with E-state index >= 15 is 0 Å². The molecule has 1 fully saturated rings. The van der Waals surface area contributed by atoms with Gasteiger partial charge in [0.2, 0.25) is 15.0 Å². The quantitative estimate of drug-likeness (QED) is 0.784. The summed E-state index contributed by atoms with van der Waals surface area (Å²) in [5.41, 5.74) is 1.43. The Morgan fingerprint density at radius 2 is 1.86 bits per heavy atom. The average Bonchev–Trinajstić information content (AvgIpc) is 3.07. The molecule has 0 N–H and O–H groups in total. The van der Waals surface area contributed by atoms with Crippen molar-refractivity contribution in [3.63, 3.8) is 0 Å². The van der Waals surface area contributed by atoms with Crippen LogP contribution in [0.2, 0.25) is 0 Å². The lowest BCUT2D eigenvalue weighted by molar-refractivity contribution is -0.117. The van der Waals surface area contributed by atoms with Gasteiger partial charge in [-0.1, -0.05) is 0 Å². The molecular weight excluding hydrogens is 316 g/mol. The molecule has 0 aliphatic carbocycles. The summed E-state index contributed by atoms with van der Waals surface area (Å²) in [6, 6.07) is 7.02. The van der Waals surface area contributed by atoms with Gasteiger partial charge in [-0.25, -0.2) is 18.1 Å². The summed E-state index contributed by atoms with van der Waals surface area (Å²) in [4.78, 5) is 17.2. The zero-order chi connectivity index (χ0) is 15.0. The molecule has 0 radical (unpaired) electrons. The minimum Gasteiger partial charge on any atom is -0.311 e. The molecule has 7 nitrogen and oxygen atoms in total. The number of nitrogens with zero attached hydrogens (tertiary/aromatic N) is 4. The Kier molecular flexibility index (Phi) is 3.42. The third-order valence-electron chi connectivity index (χ3n) is 3.33. The van der Waals surface area contributed by atoms with Gasteiger partial charge in [-0.3, -0.25) is 4.79 Å². The minimum absolute atomic E-state index is 0.0767. The van der Waals surface area contributed by atoms with E-state index in [0.717, 1.165) is 5.69 Å². The minimum atomic E-state index is -3.73. The van der Waals surface area contributed by atoms with Crippen molar-refractivity contribution in [2.45, 2.75) is 11.7 Å². The number of hydrogen-bond donors (Lipinski definition) is 0. The highest BCUT2D eigenvalue weighted by Crippen LogP contribution is 2.27. The van der Waals surface area contributed by atoms with E-state index in [1.54, 1.807) is 35.3 Å². The number of rotatable bonds is 3. The van der Waals surface area contributed by atoms with E-state index in [2.05, 4.69) is 10.1 Å². The number of amides is 1. The second-order valence-corrected chi connectivity index (χ2v) is 7.57. The molecule has 2 aromatic rings. The lowest BCUT2D eigenvalue weighted by Crippen LogP contribution is -2.26. The number of halogens is 1. The van der Waals surface area contributed by atoms with E-state index in [-0.39, 0.29) is 18.9 Å². The molecule has 1 aliphatic rings. The van der Waals surface area contributed by atoms with Gasteiger partial charge in [-0.05, 0) is 24.3 Å². The third kappa shape index (κ3) is 2.77. The predicted octanol–water partition coefficient (Wildman–Crippen LogP) is 0.941. The number of hydrogen-bond acceptors (Lipinski definition) is 5. The molecule has 1 unspecified atom stereocenters. The summed E-state index contributed by atoms with van der Waals surface area (Å²) in [5, 5.41) is 3.14. The Morgan fingerprint density at radius 3 is 2.38 bits per heavy atom. The number of aromatic nitrogens is 3. The van der Waals surface area contributed by atoms with Gasteiger partial charge in [0, 0.05) is 29.3 Å². The van der Waals surface area contributed by atoms with Gasteiger partial charge in [0.15, 0.2) is 0 Å². The summed E-state index contributed by atoms with van der Waals surface area (Å²) in [6.07, 6.45) is 2.90. The molecular formula is C12H11ClN4O3S. The van der Waals surface area contributed by atoms with Crippen LogP contribution in [0, 0.1) is 0 Å². The van der Waals surface area contributed by atoms with E-state index in [1.807, 2.05) is 0 Å². The van der Waals surface area contributed by atoms with Gasteiger partial charge in [0.25, 0.3) is 0 Å². The second-order valence-electron chi connectivity index (χ2n) is 4.66. The smallest absolute Gasteiger partial charge is 0.237 e. The topological polar surface area (TPSA) is 85.2 Å². The number of anilines is 1. The molecule has 3 rings (SSSR count). The highest BCUT2D eigenvalue weighted by Gasteiger charge is 2.37. The molecule has 1 amide bonds. The number of carbonyl (C=O) groups excluding carboxylic acids is 1. The van der Waals surface area contributed by atoms with Gasteiger partial charge < -0.3 is 4.90 Å². The lowest BCUT2D eigenvalue weighted by atomic mass is 10.2. The Balaban J connectivity index is 1.83. The van der Waals surface area contributed by atoms with E-state index in [4.69, 9.17) is 10.7 Å². The summed E-state index contributed by atoms with van der Waals surface area (Å²) < 4.78 is 24.3. The lowest BCUT2D eigenvalue weighted by Gasteiger charge is -2.16. The second kappa shape index (κ2) is 5.12. The highest BCUT2D eigenvalue weighted by molar-refractivity contribution is 8.14. The molecule has 1 saturated heterocycles. The van der Waals surface area contributed by atoms with Crippen LogP contribution in [0.15, 0.2) is 36.9 Å². The van der Waals surface area contributed by atoms with Crippen LogP contribution in [0.3, 0.4) is 0 Å². The van der Waals surface area contributed by atoms with Gasteiger partial charge in [0.05, 0.1) is 5.69 Å². The van der Waals surface area contributed by atoms with Gasteiger partial charge in [-0.15, -0.1) is 0 Å². The maximum atomic E-state index is 11.9.